The topological polar surface area (TPSA) is 80.0 Å². The molecule has 2 rings (SSSR count). The predicted molar refractivity (Wildman–Crippen MR) is 73.7 cm³/mol. The van der Waals surface area contributed by atoms with Gasteiger partial charge in [0.2, 0.25) is 0 Å². The Bertz CT molecular complexity index is 538. The third-order valence-corrected chi connectivity index (χ3v) is 3.46. The minimum atomic E-state index is -0.199. The van der Waals surface area contributed by atoms with Gasteiger partial charge in [0.25, 0.3) is 5.91 Å². The van der Waals surface area contributed by atoms with Gasteiger partial charge in [-0.25, -0.2) is 4.98 Å². The second kappa shape index (κ2) is 5.50. The molecule has 0 aliphatic rings. The zero-order valence-electron chi connectivity index (χ0n) is 9.93. The summed E-state index contributed by atoms with van der Waals surface area (Å²) in [6.45, 7) is 0.478. The third kappa shape index (κ3) is 2.78. The van der Waals surface area contributed by atoms with Crippen molar-refractivity contribution in [2.24, 2.45) is 0 Å². The first-order valence-electron chi connectivity index (χ1n) is 5.47. The lowest BCUT2D eigenvalue weighted by molar-refractivity contribution is 0.0955. The first kappa shape index (κ1) is 12.4. The highest BCUT2D eigenvalue weighted by molar-refractivity contribution is 7.18. The van der Waals surface area contributed by atoms with Crippen LogP contribution in [0.3, 0.4) is 0 Å². The van der Waals surface area contributed by atoms with E-state index in [-0.39, 0.29) is 11.7 Å². The Morgan fingerprint density at radius 3 is 2.72 bits per heavy atom. The van der Waals surface area contributed by atoms with Gasteiger partial charge in [-0.05, 0) is 5.56 Å². The van der Waals surface area contributed by atoms with Crippen molar-refractivity contribution in [3.63, 3.8) is 0 Å². The molecule has 1 aromatic heterocycles. The summed E-state index contributed by atoms with van der Waals surface area (Å²) in [5.74, 6) is 0.0604. The van der Waals surface area contributed by atoms with E-state index >= 15 is 0 Å². The van der Waals surface area contributed by atoms with E-state index in [9.17, 15) is 4.79 Å². The standard InChI is InChI=1S/C12H14N4OS/c1-14-12-16-10(13)9(18-12)11(17)15-7-8-5-3-2-4-6-8/h2-6H,7,13H2,1H3,(H,14,16)(H,15,17). The molecular formula is C12H14N4OS. The average molecular weight is 262 g/mol. The van der Waals surface area contributed by atoms with Crippen LogP contribution in [-0.2, 0) is 6.54 Å². The second-order valence-corrected chi connectivity index (χ2v) is 4.65. The van der Waals surface area contributed by atoms with Crippen LogP contribution in [0.2, 0.25) is 0 Å². The zero-order valence-corrected chi connectivity index (χ0v) is 10.8. The molecule has 4 N–H and O–H groups in total. The quantitative estimate of drug-likeness (QED) is 0.783. The summed E-state index contributed by atoms with van der Waals surface area (Å²) in [4.78, 5) is 16.4. The number of rotatable bonds is 4. The molecule has 0 saturated carbocycles. The molecule has 0 fully saturated rings. The lowest BCUT2D eigenvalue weighted by Gasteiger charge is -2.03. The van der Waals surface area contributed by atoms with Crippen molar-refractivity contribution < 1.29 is 4.79 Å². The van der Waals surface area contributed by atoms with Crippen molar-refractivity contribution in [2.45, 2.75) is 6.54 Å². The molecule has 6 heteroatoms. The van der Waals surface area contributed by atoms with Gasteiger partial charge in [0.05, 0.1) is 0 Å². The lowest BCUT2D eigenvalue weighted by atomic mass is 10.2. The van der Waals surface area contributed by atoms with Crippen LogP contribution >= 0.6 is 11.3 Å². The van der Waals surface area contributed by atoms with Gasteiger partial charge >= 0.3 is 0 Å². The minimum absolute atomic E-state index is 0.199. The monoisotopic (exact) mass is 262 g/mol. The molecule has 0 saturated heterocycles. The van der Waals surface area contributed by atoms with E-state index in [0.717, 1.165) is 5.56 Å². The number of nitrogens with two attached hydrogens (primary N) is 1. The number of amides is 1. The summed E-state index contributed by atoms with van der Waals surface area (Å²) >= 11 is 1.24. The molecule has 94 valence electrons. The summed E-state index contributed by atoms with van der Waals surface area (Å²) in [5.41, 5.74) is 6.73. The number of anilines is 2. The van der Waals surface area contributed by atoms with Crippen molar-refractivity contribution in [3.05, 3.63) is 40.8 Å². The van der Waals surface area contributed by atoms with Crippen molar-refractivity contribution in [1.29, 1.82) is 0 Å². The van der Waals surface area contributed by atoms with Crippen molar-refractivity contribution >= 4 is 28.2 Å². The summed E-state index contributed by atoms with van der Waals surface area (Å²) in [6.07, 6.45) is 0. The van der Waals surface area contributed by atoms with Gasteiger partial charge < -0.3 is 16.4 Å². The highest BCUT2D eigenvalue weighted by atomic mass is 32.1. The number of hydrogen-bond donors (Lipinski definition) is 3. The van der Waals surface area contributed by atoms with Gasteiger partial charge in [-0.1, -0.05) is 41.7 Å². The molecule has 0 atom stereocenters. The fraction of sp³-hybridized carbons (Fsp3) is 0.167. The Kier molecular flexibility index (Phi) is 3.78. The van der Waals surface area contributed by atoms with E-state index in [1.54, 1.807) is 7.05 Å². The number of nitrogens with zero attached hydrogens (tertiary/aromatic N) is 1. The lowest BCUT2D eigenvalue weighted by Crippen LogP contribution is -2.22. The Balaban J connectivity index is 2.01. The average Bonchev–Trinajstić information content (AvgIpc) is 2.78. The maximum Gasteiger partial charge on any atom is 0.265 e. The maximum absolute atomic E-state index is 11.9. The van der Waals surface area contributed by atoms with Gasteiger partial charge in [0.1, 0.15) is 10.7 Å². The van der Waals surface area contributed by atoms with Crippen LogP contribution in [0.4, 0.5) is 10.9 Å². The fourth-order valence-electron chi connectivity index (χ4n) is 1.46. The molecular weight excluding hydrogens is 248 g/mol. The number of carbonyl (C=O) groups is 1. The van der Waals surface area contributed by atoms with Crippen LogP contribution in [0.5, 0.6) is 0 Å². The fourth-order valence-corrected chi connectivity index (χ4v) is 2.21. The molecule has 0 spiro atoms. The van der Waals surface area contributed by atoms with Crippen LogP contribution in [0.15, 0.2) is 30.3 Å². The predicted octanol–water partition coefficient (Wildman–Crippen LogP) is 1.70. The van der Waals surface area contributed by atoms with Gasteiger partial charge in [0.15, 0.2) is 5.13 Å². The summed E-state index contributed by atoms with van der Waals surface area (Å²) in [5, 5.41) is 6.32. The second-order valence-electron chi connectivity index (χ2n) is 3.65. The van der Waals surface area contributed by atoms with Gasteiger partial charge in [-0.2, -0.15) is 0 Å². The van der Waals surface area contributed by atoms with E-state index in [1.165, 1.54) is 11.3 Å². The molecule has 0 bridgehead atoms. The number of hydrogen-bond acceptors (Lipinski definition) is 5. The molecule has 5 nitrogen and oxygen atoms in total. The number of nitrogen functional groups attached to an aromatic ring is 1. The number of thiazole rings is 1. The Hall–Kier alpha value is -2.08. The molecule has 0 aliphatic heterocycles. The number of carbonyl (C=O) groups excluding carboxylic acids is 1. The molecule has 18 heavy (non-hydrogen) atoms. The van der Waals surface area contributed by atoms with Crippen LogP contribution in [-0.4, -0.2) is 17.9 Å². The molecule has 1 amide bonds. The molecule has 1 heterocycles. The summed E-state index contributed by atoms with van der Waals surface area (Å²) in [6, 6.07) is 9.71. The van der Waals surface area contributed by atoms with Gasteiger partial charge in [0, 0.05) is 13.6 Å². The summed E-state index contributed by atoms with van der Waals surface area (Å²) < 4.78 is 0. The molecule has 2 aromatic rings. The largest absolute Gasteiger partial charge is 0.382 e. The van der Waals surface area contributed by atoms with E-state index < -0.39 is 0 Å². The summed E-state index contributed by atoms with van der Waals surface area (Å²) in [7, 11) is 1.74. The molecule has 0 aliphatic carbocycles. The van der Waals surface area contributed by atoms with Crippen LogP contribution in [0, 0.1) is 0 Å². The Morgan fingerprint density at radius 1 is 1.39 bits per heavy atom. The SMILES string of the molecule is CNc1nc(N)c(C(=O)NCc2ccccc2)s1. The number of aromatic nitrogens is 1. The highest BCUT2D eigenvalue weighted by Gasteiger charge is 2.15. The van der Waals surface area contributed by atoms with Crippen molar-refractivity contribution in [1.82, 2.24) is 10.3 Å². The van der Waals surface area contributed by atoms with E-state index in [4.69, 9.17) is 5.73 Å². The normalized spacial score (nSPS) is 10.1. The smallest absolute Gasteiger partial charge is 0.265 e. The highest BCUT2D eigenvalue weighted by Crippen LogP contribution is 2.24. The molecule has 1 aromatic carbocycles. The van der Waals surface area contributed by atoms with Crippen molar-refractivity contribution in [3.8, 4) is 0 Å². The van der Waals surface area contributed by atoms with E-state index in [0.29, 0.717) is 16.6 Å². The van der Waals surface area contributed by atoms with E-state index in [1.807, 2.05) is 30.3 Å². The maximum atomic E-state index is 11.9. The number of nitrogens with one attached hydrogen (secondary N) is 2. The molecule has 0 radical (unpaired) electrons. The Labute approximate surface area is 109 Å². The van der Waals surface area contributed by atoms with E-state index in [2.05, 4.69) is 15.6 Å². The van der Waals surface area contributed by atoms with Crippen LogP contribution in [0.1, 0.15) is 15.2 Å². The third-order valence-electron chi connectivity index (χ3n) is 2.37. The van der Waals surface area contributed by atoms with Crippen LogP contribution < -0.4 is 16.4 Å². The first-order valence-corrected chi connectivity index (χ1v) is 6.28. The Morgan fingerprint density at radius 2 is 2.11 bits per heavy atom. The first-order chi connectivity index (χ1) is 8.70. The zero-order chi connectivity index (χ0) is 13.0. The van der Waals surface area contributed by atoms with Crippen molar-refractivity contribution in [2.75, 3.05) is 18.1 Å². The van der Waals surface area contributed by atoms with Crippen LogP contribution in [0.25, 0.3) is 0 Å². The van der Waals surface area contributed by atoms with Gasteiger partial charge in [-0.3, -0.25) is 4.79 Å². The number of benzene rings is 1. The minimum Gasteiger partial charge on any atom is -0.382 e. The molecule has 0 unspecified atom stereocenters. The van der Waals surface area contributed by atoms with Gasteiger partial charge in [-0.15, -0.1) is 0 Å².